The van der Waals surface area contributed by atoms with Crippen LogP contribution in [-0.2, 0) is 32.1 Å². The highest BCUT2D eigenvalue weighted by atomic mass is 16.2. The van der Waals surface area contributed by atoms with Crippen LogP contribution >= 0.6 is 0 Å². The second-order valence-corrected chi connectivity index (χ2v) is 11.9. The van der Waals surface area contributed by atoms with Crippen LogP contribution in [0, 0.1) is 5.92 Å². The van der Waals surface area contributed by atoms with Crippen LogP contribution in [-0.4, -0.2) is 58.5 Å². The molecule has 3 unspecified atom stereocenters. The van der Waals surface area contributed by atoms with E-state index < -0.39 is 29.4 Å². The van der Waals surface area contributed by atoms with Gasteiger partial charge in [0.15, 0.2) is 0 Å². The quantitative estimate of drug-likeness (QED) is 0.336. The Hall–Kier alpha value is -4.01. The topological polar surface area (TPSA) is 125 Å². The van der Waals surface area contributed by atoms with Gasteiger partial charge >= 0.3 is 0 Å². The van der Waals surface area contributed by atoms with Crippen LogP contribution in [0.2, 0.25) is 0 Å². The van der Waals surface area contributed by atoms with Gasteiger partial charge in [0.05, 0.1) is 6.42 Å². The van der Waals surface area contributed by atoms with Gasteiger partial charge in [0.1, 0.15) is 23.9 Å². The van der Waals surface area contributed by atoms with Crippen molar-refractivity contribution >= 4 is 29.9 Å². The monoisotopic (exact) mass is 574 g/mol. The van der Waals surface area contributed by atoms with Crippen LogP contribution in [0.25, 0.3) is 0 Å². The Balaban J connectivity index is 1.46. The van der Waals surface area contributed by atoms with E-state index in [-0.39, 0.29) is 43.2 Å². The van der Waals surface area contributed by atoms with Crippen LogP contribution in [0.3, 0.4) is 0 Å². The minimum atomic E-state index is -1.43. The molecule has 0 radical (unpaired) electrons. The number of rotatable bonds is 12. The summed E-state index contributed by atoms with van der Waals surface area (Å²) in [7, 11) is 0. The minimum Gasteiger partial charge on any atom is -0.353 e. The molecule has 3 atom stereocenters. The van der Waals surface area contributed by atoms with Crippen LogP contribution < -0.4 is 16.0 Å². The molecule has 2 aromatic carbocycles. The van der Waals surface area contributed by atoms with E-state index in [9.17, 15) is 24.0 Å². The normalized spacial score (nSPS) is 18.0. The van der Waals surface area contributed by atoms with Gasteiger partial charge in [-0.25, -0.2) is 0 Å². The van der Waals surface area contributed by atoms with Crippen LogP contribution in [0.5, 0.6) is 0 Å². The fourth-order valence-corrected chi connectivity index (χ4v) is 5.81. The van der Waals surface area contributed by atoms with E-state index >= 15 is 0 Å². The number of hydrogen-bond acceptors (Lipinski definition) is 5. The van der Waals surface area contributed by atoms with E-state index in [0.717, 1.165) is 43.2 Å². The fourth-order valence-electron chi connectivity index (χ4n) is 5.81. The molecule has 2 aliphatic rings. The first-order valence-electron chi connectivity index (χ1n) is 14.9. The van der Waals surface area contributed by atoms with Gasteiger partial charge in [-0.15, -0.1) is 0 Å². The molecule has 4 amide bonds. The SMILES string of the molecule is CC(NC(=O)C(Cc1ccccc1)N1Cc2ccccc2C1=O)C(=O)NC(C=O)(CC(=O)NC1CCCCC1)C(C)C. The van der Waals surface area contributed by atoms with Gasteiger partial charge in [0.25, 0.3) is 5.91 Å². The molecule has 1 aliphatic heterocycles. The highest BCUT2D eigenvalue weighted by Crippen LogP contribution is 2.26. The Morgan fingerprint density at radius 3 is 2.26 bits per heavy atom. The summed E-state index contributed by atoms with van der Waals surface area (Å²) in [5, 5.41) is 8.56. The van der Waals surface area contributed by atoms with E-state index in [1.54, 1.807) is 26.0 Å². The smallest absolute Gasteiger partial charge is 0.255 e. The summed E-state index contributed by atoms with van der Waals surface area (Å²) in [6, 6.07) is 14.9. The van der Waals surface area contributed by atoms with Gasteiger partial charge in [0.2, 0.25) is 17.7 Å². The Kier molecular flexibility index (Phi) is 10.1. The summed E-state index contributed by atoms with van der Waals surface area (Å²) in [5.41, 5.74) is 0.860. The van der Waals surface area contributed by atoms with E-state index in [1.165, 1.54) is 11.8 Å². The number of hydrogen-bond donors (Lipinski definition) is 3. The van der Waals surface area contributed by atoms with E-state index in [1.807, 2.05) is 42.5 Å². The number of fused-ring (bicyclic) bond motifs is 1. The molecule has 224 valence electrons. The lowest BCUT2D eigenvalue weighted by Crippen LogP contribution is -2.61. The average molecular weight is 575 g/mol. The van der Waals surface area contributed by atoms with Crippen molar-refractivity contribution in [1.82, 2.24) is 20.9 Å². The highest BCUT2D eigenvalue weighted by molar-refractivity contribution is 6.01. The lowest BCUT2D eigenvalue weighted by Gasteiger charge is -2.35. The number of nitrogens with one attached hydrogen (secondary N) is 3. The standard InChI is InChI=1S/C33H42N4O5/c1-22(2)33(21-38,19-29(39)35-26-15-8-5-9-16-26)36-30(40)23(3)34-31(41)28(18-24-12-6-4-7-13-24)37-20-25-14-10-11-17-27(25)32(37)42/h4,6-7,10-14,17,21-23,26,28H,5,8-9,15-16,18-20H2,1-3H3,(H,34,41)(H,35,39)(H,36,40). The molecule has 1 aliphatic carbocycles. The van der Waals surface area contributed by atoms with E-state index in [0.29, 0.717) is 11.8 Å². The van der Waals surface area contributed by atoms with Crippen molar-refractivity contribution in [3.63, 3.8) is 0 Å². The van der Waals surface area contributed by atoms with E-state index in [2.05, 4.69) is 16.0 Å². The van der Waals surface area contributed by atoms with Gasteiger partial charge in [-0.1, -0.05) is 81.6 Å². The first-order valence-corrected chi connectivity index (χ1v) is 14.9. The molecule has 0 saturated heterocycles. The second kappa shape index (κ2) is 13.8. The number of aldehydes is 1. The lowest BCUT2D eigenvalue weighted by molar-refractivity contribution is -0.135. The molecule has 3 N–H and O–H groups in total. The van der Waals surface area contributed by atoms with Crippen LogP contribution in [0.15, 0.2) is 54.6 Å². The Bertz CT molecular complexity index is 1290. The fraction of sp³-hybridized carbons (Fsp3) is 0.485. The van der Waals surface area contributed by atoms with Crippen molar-refractivity contribution in [3.05, 3.63) is 71.3 Å². The largest absolute Gasteiger partial charge is 0.353 e. The Morgan fingerprint density at radius 2 is 1.62 bits per heavy atom. The van der Waals surface area contributed by atoms with E-state index in [4.69, 9.17) is 0 Å². The minimum absolute atomic E-state index is 0.0812. The molecular formula is C33H42N4O5. The zero-order valence-corrected chi connectivity index (χ0v) is 24.7. The molecule has 9 nitrogen and oxygen atoms in total. The molecular weight excluding hydrogens is 532 g/mol. The summed E-state index contributed by atoms with van der Waals surface area (Å²) in [6.07, 6.45) is 5.80. The molecule has 1 heterocycles. The summed E-state index contributed by atoms with van der Waals surface area (Å²) < 4.78 is 0. The first kappa shape index (κ1) is 30.9. The van der Waals surface area contributed by atoms with Crippen molar-refractivity contribution < 1.29 is 24.0 Å². The summed E-state index contributed by atoms with van der Waals surface area (Å²) >= 11 is 0. The molecule has 0 spiro atoms. The van der Waals surface area contributed by atoms with Crippen molar-refractivity contribution in [2.75, 3.05) is 0 Å². The second-order valence-electron chi connectivity index (χ2n) is 11.9. The van der Waals surface area contributed by atoms with Crippen LogP contribution in [0.4, 0.5) is 0 Å². The van der Waals surface area contributed by atoms with Gasteiger partial charge in [-0.2, -0.15) is 0 Å². The maximum Gasteiger partial charge on any atom is 0.255 e. The van der Waals surface area contributed by atoms with Crippen LogP contribution in [0.1, 0.15) is 80.8 Å². The van der Waals surface area contributed by atoms with Crippen molar-refractivity contribution in [3.8, 4) is 0 Å². The molecule has 2 aromatic rings. The lowest BCUT2D eigenvalue weighted by atomic mass is 9.83. The summed E-state index contributed by atoms with van der Waals surface area (Å²) in [5.74, 6) is -1.94. The third-order valence-corrected chi connectivity index (χ3v) is 8.57. The third-order valence-electron chi connectivity index (χ3n) is 8.57. The molecule has 1 saturated carbocycles. The molecule has 0 bridgehead atoms. The highest BCUT2D eigenvalue weighted by Gasteiger charge is 2.41. The van der Waals surface area contributed by atoms with Crippen molar-refractivity contribution in [1.29, 1.82) is 0 Å². The number of amides is 4. The average Bonchev–Trinajstić information content (AvgIpc) is 3.32. The van der Waals surface area contributed by atoms with Gasteiger partial charge < -0.3 is 25.6 Å². The number of carbonyl (C=O) groups is 5. The third kappa shape index (κ3) is 7.24. The Morgan fingerprint density at radius 1 is 0.952 bits per heavy atom. The number of nitrogens with zero attached hydrogens (tertiary/aromatic N) is 1. The zero-order valence-electron chi connectivity index (χ0n) is 24.7. The van der Waals surface area contributed by atoms with Crippen molar-refractivity contribution in [2.24, 2.45) is 5.92 Å². The first-order chi connectivity index (χ1) is 20.1. The maximum absolute atomic E-state index is 13.7. The van der Waals surface area contributed by atoms with Gasteiger partial charge in [-0.05, 0) is 42.9 Å². The zero-order chi connectivity index (χ0) is 30.3. The predicted molar refractivity (Wildman–Crippen MR) is 159 cm³/mol. The number of benzene rings is 2. The van der Waals surface area contributed by atoms with Gasteiger partial charge in [-0.3, -0.25) is 19.2 Å². The molecule has 9 heteroatoms. The molecule has 42 heavy (non-hydrogen) atoms. The predicted octanol–water partition coefficient (Wildman–Crippen LogP) is 3.31. The molecule has 1 fully saturated rings. The van der Waals surface area contributed by atoms with Crippen molar-refractivity contribution in [2.45, 2.75) is 95.9 Å². The summed E-state index contributed by atoms with van der Waals surface area (Å²) in [6.45, 7) is 5.38. The maximum atomic E-state index is 13.7. The molecule has 0 aromatic heterocycles. The Labute approximate surface area is 247 Å². The summed E-state index contributed by atoms with van der Waals surface area (Å²) in [4.78, 5) is 67.2. The number of carbonyl (C=O) groups excluding carboxylic acids is 5. The van der Waals surface area contributed by atoms with Gasteiger partial charge in [0, 0.05) is 24.6 Å². The molecule has 4 rings (SSSR count).